The quantitative estimate of drug-likeness (QED) is 0.146. The van der Waals surface area contributed by atoms with Crippen molar-refractivity contribution >= 4 is 29.6 Å². The summed E-state index contributed by atoms with van der Waals surface area (Å²) in [6.45, 7) is 9.24. The van der Waals surface area contributed by atoms with Crippen LogP contribution in [-0.4, -0.2) is 145 Å². The normalized spacial score (nSPS) is 19.2. The summed E-state index contributed by atoms with van der Waals surface area (Å²) in [4.78, 5) is 71.5. The summed E-state index contributed by atoms with van der Waals surface area (Å²) in [7, 11) is 8.12. The lowest BCUT2D eigenvalue weighted by atomic mass is 9.90. The van der Waals surface area contributed by atoms with Crippen LogP contribution < -0.4 is 10.6 Å². The van der Waals surface area contributed by atoms with E-state index in [4.69, 9.17) is 9.47 Å². The number of likely N-dealkylation sites (tertiary alicyclic amines) is 1. The van der Waals surface area contributed by atoms with Gasteiger partial charge in [-0.25, -0.2) is 4.79 Å². The predicted octanol–water partition coefficient (Wildman–Crippen LogP) is 1.78. The standard InChI is InChI=1S/C38H63N5O9/c1-11-24(4)33(42(8)37(48)28(22-44)40-36(47)32(23(2)3)41(6)7)30(51-9)21-31(45)43-19-15-18-29(43)34(52-10)25(5)35(46)39-27(38(49)50)20-26-16-13-12-14-17-26/h12-14,16-17,23-25,27-30,32-34,44H,11,15,18-22H2,1-10H3,(H,39,46)(H,40,47)(H,49,50)/t24-,25+,27-,28-,29-,30+,32-,33-,34+/m0/s1. The maximum absolute atomic E-state index is 14.1. The van der Waals surface area contributed by atoms with Gasteiger partial charge in [0, 0.05) is 34.2 Å². The van der Waals surface area contributed by atoms with Crippen LogP contribution in [0.15, 0.2) is 30.3 Å². The number of nitrogens with one attached hydrogen (secondary N) is 2. The van der Waals surface area contributed by atoms with E-state index in [0.29, 0.717) is 25.8 Å². The summed E-state index contributed by atoms with van der Waals surface area (Å²) in [5.41, 5.74) is 0.773. The van der Waals surface area contributed by atoms with Crippen LogP contribution in [-0.2, 0) is 39.9 Å². The molecule has 1 aliphatic rings. The van der Waals surface area contributed by atoms with E-state index in [0.717, 1.165) is 5.56 Å². The van der Waals surface area contributed by atoms with E-state index in [9.17, 15) is 34.2 Å². The Hall–Kier alpha value is -3.59. The number of carbonyl (C=O) groups excluding carboxylic acids is 4. The number of methoxy groups -OCH3 is 2. The zero-order valence-electron chi connectivity index (χ0n) is 32.7. The molecule has 1 fully saturated rings. The lowest BCUT2D eigenvalue weighted by molar-refractivity contribution is -0.148. The molecule has 0 aliphatic carbocycles. The smallest absolute Gasteiger partial charge is 0.326 e. The summed E-state index contributed by atoms with van der Waals surface area (Å²) in [6, 6.07) is 5.19. The van der Waals surface area contributed by atoms with E-state index < -0.39 is 72.7 Å². The fraction of sp³-hybridized carbons (Fsp3) is 0.711. The van der Waals surface area contributed by atoms with E-state index in [1.165, 1.54) is 19.1 Å². The molecule has 4 amide bonds. The first kappa shape index (κ1) is 44.6. The molecule has 52 heavy (non-hydrogen) atoms. The maximum atomic E-state index is 14.1. The first-order valence-electron chi connectivity index (χ1n) is 18.3. The average Bonchev–Trinajstić information content (AvgIpc) is 3.59. The Kier molecular flexibility index (Phi) is 18.2. The van der Waals surface area contributed by atoms with Crippen molar-refractivity contribution in [2.45, 2.75) is 109 Å². The summed E-state index contributed by atoms with van der Waals surface area (Å²) in [5.74, 6) is -3.67. The van der Waals surface area contributed by atoms with Crippen LogP contribution in [0.4, 0.5) is 0 Å². The minimum atomic E-state index is -1.19. The minimum absolute atomic E-state index is 0.0373. The van der Waals surface area contributed by atoms with Crippen LogP contribution in [0.2, 0.25) is 0 Å². The highest BCUT2D eigenvalue weighted by molar-refractivity contribution is 5.90. The number of benzene rings is 1. The predicted molar refractivity (Wildman–Crippen MR) is 197 cm³/mol. The van der Waals surface area contributed by atoms with Crippen LogP contribution in [0, 0.1) is 17.8 Å². The van der Waals surface area contributed by atoms with E-state index in [2.05, 4.69) is 10.6 Å². The van der Waals surface area contributed by atoms with Crippen molar-refractivity contribution in [3.05, 3.63) is 35.9 Å². The first-order chi connectivity index (χ1) is 24.5. The van der Waals surface area contributed by atoms with Gasteiger partial charge in [-0.3, -0.25) is 24.1 Å². The number of ether oxygens (including phenoxy) is 2. The van der Waals surface area contributed by atoms with E-state index in [-0.39, 0.29) is 36.5 Å². The summed E-state index contributed by atoms with van der Waals surface area (Å²) >= 11 is 0. The molecular formula is C38H63N5O9. The summed E-state index contributed by atoms with van der Waals surface area (Å²) in [6.07, 6.45) is 0.543. The number of aliphatic hydroxyl groups excluding tert-OH is 1. The molecule has 14 heteroatoms. The largest absolute Gasteiger partial charge is 0.480 e. The third-order valence-electron chi connectivity index (χ3n) is 10.4. The van der Waals surface area contributed by atoms with Crippen LogP contribution >= 0.6 is 0 Å². The van der Waals surface area contributed by atoms with Crippen LogP contribution in [0.1, 0.15) is 65.9 Å². The van der Waals surface area contributed by atoms with Gasteiger partial charge in [0.1, 0.15) is 12.1 Å². The Bertz CT molecular complexity index is 1300. The van der Waals surface area contributed by atoms with E-state index >= 15 is 0 Å². The Morgan fingerprint density at radius 1 is 0.942 bits per heavy atom. The number of rotatable bonds is 21. The second-order valence-corrected chi connectivity index (χ2v) is 14.6. The molecule has 0 bridgehead atoms. The number of carboxylic acids is 1. The second kappa shape index (κ2) is 21.2. The molecule has 4 N–H and O–H groups in total. The molecule has 294 valence electrons. The van der Waals surface area contributed by atoms with Crippen molar-refractivity contribution in [3.8, 4) is 0 Å². The minimum Gasteiger partial charge on any atom is -0.480 e. The topological polar surface area (TPSA) is 178 Å². The van der Waals surface area contributed by atoms with Crippen molar-refractivity contribution in [3.63, 3.8) is 0 Å². The molecule has 1 saturated heterocycles. The van der Waals surface area contributed by atoms with Gasteiger partial charge < -0.3 is 40.1 Å². The third-order valence-corrected chi connectivity index (χ3v) is 10.4. The fourth-order valence-corrected chi connectivity index (χ4v) is 7.48. The van der Waals surface area contributed by atoms with Gasteiger partial charge in [0.15, 0.2) is 0 Å². The lowest BCUT2D eigenvalue weighted by Crippen LogP contribution is -2.59. The lowest BCUT2D eigenvalue weighted by Gasteiger charge is -2.40. The average molecular weight is 734 g/mol. The molecule has 9 atom stereocenters. The molecule has 0 spiro atoms. The molecule has 0 aromatic heterocycles. The van der Waals surface area contributed by atoms with Crippen LogP contribution in [0.3, 0.4) is 0 Å². The molecule has 0 saturated carbocycles. The molecular weight excluding hydrogens is 670 g/mol. The molecule has 0 unspecified atom stereocenters. The van der Waals surface area contributed by atoms with Crippen LogP contribution in [0.25, 0.3) is 0 Å². The van der Waals surface area contributed by atoms with Crippen molar-refractivity contribution in [1.29, 1.82) is 0 Å². The Morgan fingerprint density at radius 3 is 2.06 bits per heavy atom. The van der Waals surface area contributed by atoms with Crippen LogP contribution in [0.5, 0.6) is 0 Å². The Balaban J connectivity index is 2.24. The molecule has 14 nitrogen and oxygen atoms in total. The van der Waals surface area contributed by atoms with Gasteiger partial charge in [0.25, 0.3) is 0 Å². The maximum Gasteiger partial charge on any atom is 0.326 e. The number of nitrogens with zero attached hydrogens (tertiary/aromatic N) is 3. The number of likely N-dealkylation sites (N-methyl/N-ethyl adjacent to an activating group) is 2. The number of hydrogen-bond donors (Lipinski definition) is 4. The Labute approximate surface area is 309 Å². The second-order valence-electron chi connectivity index (χ2n) is 14.6. The summed E-state index contributed by atoms with van der Waals surface area (Å²) < 4.78 is 11.7. The van der Waals surface area contributed by atoms with Gasteiger partial charge in [-0.2, -0.15) is 0 Å². The van der Waals surface area contributed by atoms with Crippen molar-refractivity contribution in [2.24, 2.45) is 17.8 Å². The molecule has 0 radical (unpaired) electrons. The van der Waals surface area contributed by atoms with Gasteiger partial charge in [-0.1, -0.05) is 71.4 Å². The van der Waals surface area contributed by atoms with E-state index in [1.807, 2.05) is 33.8 Å². The third kappa shape index (κ3) is 11.7. The van der Waals surface area contributed by atoms with E-state index in [1.54, 1.807) is 62.1 Å². The highest BCUT2D eigenvalue weighted by atomic mass is 16.5. The highest BCUT2D eigenvalue weighted by Crippen LogP contribution is 2.29. The Morgan fingerprint density at radius 2 is 1.56 bits per heavy atom. The van der Waals surface area contributed by atoms with Crippen molar-refractivity contribution in [2.75, 3.05) is 48.5 Å². The number of carbonyl (C=O) groups is 5. The number of aliphatic hydroxyl groups is 1. The van der Waals surface area contributed by atoms with Gasteiger partial charge in [-0.15, -0.1) is 0 Å². The first-order valence-corrected chi connectivity index (χ1v) is 18.3. The molecule has 1 heterocycles. The fourth-order valence-electron chi connectivity index (χ4n) is 7.48. The molecule has 1 aromatic rings. The monoisotopic (exact) mass is 733 g/mol. The number of carboxylic acid groups (broad SMARTS) is 1. The van der Waals surface area contributed by atoms with Gasteiger partial charge >= 0.3 is 5.97 Å². The number of hydrogen-bond acceptors (Lipinski definition) is 9. The zero-order chi connectivity index (χ0) is 39.3. The zero-order valence-corrected chi connectivity index (χ0v) is 32.7. The van der Waals surface area contributed by atoms with Gasteiger partial charge in [0.05, 0.1) is 49.3 Å². The molecule has 2 rings (SSSR count). The number of aliphatic carboxylic acids is 1. The number of amides is 4. The molecule has 1 aromatic carbocycles. The SMILES string of the molecule is CC[C@H](C)[C@@H]([C@@H](CC(=O)N1CCC[C@H]1[C@H](OC)[C@@H](C)C(=O)N[C@@H](Cc1ccccc1)C(=O)O)OC)N(C)C(=O)[C@H](CO)NC(=O)[C@H](C(C)C)N(C)C. The summed E-state index contributed by atoms with van der Waals surface area (Å²) in [5, 5.41) is 25.4. The van der Waals surface area contributed by atoms with Crippen molar-refractivity contribution in [1.82, 2.24) is 25.3 Å². The molecule has 1 aliphatic heterocycles. The van der Waals surface area contributed by atoms with Gasteiger partial charge in [0.2, 0.25) is 23.6 Å². The highest BCUT2D eigenvalue weighted by Gasteiger charge is 2.43. The van der Waals surface area contributed by atoms with Crippen molar-refractivity contribution < 1.29 is 43.7 Å². The van der Waals surface area contributed by atoms with Gasteiger partial charge in [-0.05, 0) is 44.3 Å².